The van der Waals surface area contributed by atoms with Crippen molar-refractivity contribution in [2.24, 2.45) is 5.92 Å². The van der Waals surface area contributed by atoms with Gasteiger partial charge in [-0.25, -0.2) is 0 Å². The molecule has 100 valence electrons. The molecule has 3 nitrogen and oxygen atoms in total. The highest BCUT2D eigenvalue weighted by molar-refractivity contribution is 5.82. The fraction of sp³-hybridized carbons (Fsp3) is 0.438. The lowest BCUT2D eigenvalue weighted by atomic mass is 10.0. The summed E-state index contributed by atoms with van der Waals surface area (Å²) in [5.74, 6) is 1.33. The van der Waals surface area contributed by atoms with Crippen molar-refractivity contribution >= 4 is 16.9 Å². The average Bonchev–Trinajstić information content (AvgIpc) is 3.02. The standard InChI is InChI=1S/C16H19NO2/c1-2-4-16(18)17-10-11-9-14(11)12-5-3-6-15-13(12)7-8-19-15/h3,5-8,11,14H,2,4,9-10H2,1H3,(H,17,18). The van der Waals surface area contributed by atoms with Crippen LogP contribution in [0.2, 0.25) is 0 Å². The third-order valence-corrected chi connectivity index (χ3v) is 3.89. The molecule has 0 spiro atoms. The van der Waals surface area contributed by atoms with E-state index in [1.807, 2.05) is 25.1 Å². The van der Waals surface area contributed by atoms with Crippen LogP contribution in [0.15, 0.2) is 34.9 Å². The molecule has 0 radical (unpaired) electrons. The van der Waals surface area contributed by atoms with Crippen molar-refractivity contribution in [3.8, 4) is 0 Å². The fourth-order valence-electron chi connectivity index (χ4n) is 2.76. The first-order valence-corrected chi connectivity index (χ1v) is 7.02. The summed E-state index contributed by atoms with van der Waals surface area (Å²) in [7, 11) is 0. The van der Waals surface area contributed by atoms with E-state index in [0.717, 1.165) is 25.0 Å². The van der Waals surface area contributed by atoms with Crippen LogP contribution < -0.4 is 5.32 Å². The van der Waals surface area contributed by atoms with Crippen LogP contribution in [0.25, 0.3) is 11.0 Å². The van der Waals surface area contributed by atoms with Crippen LogP contribution in [0.4, 0.5) is 0 Å². The van der Waals surface area contributed by atoms with Gasteiger partial charge in [0.15, 0.2) is 0 Å². The predicted molar refractivity (Wildman–Crippen MR) is 75.0 cm³/mol. The quantitative estimate of drug-likeness (QED) is 0.891. The molecule has 1 heterocycles. The number of fused-ring (bicyclic) bond motifs is 1. The van der Waals surface area contributed by atoms with Gasteiger partial charge in [-0.2, -0.15) is 0 Å². The van der Waals surface area contributed by atoms with E-state index in [0.29, 0.717) is 18.3 Å². The second-order valence-corrected chi connectivity index (χ2v) is 5.34. The Labute approximate surface area is 113 Å². The molecule has 0 saturated heterocycles. The van der Waals surface area contributed by atoms with Gasteiger partial charge in [0, 0.05) is 18.4 Å². The zero-order valence-corrected chi connectivity index (χ0v) is 11.2. The van der Waals surface area contributed by atoms with Crippen molar-refractivity contribution < 1.29 is 9.21 Å². The Morgan fingerprint density at radius 1 is 1.42 bits per heavy atom. The fourth-order valence-corrected chi connectivity index (χ4v) is 2.76. The monoisotopic (exact) mass is 257 g/mol. The number of carbonyl (C=O) groups excluding carboxylic acids is 1. The molecule has 1 amide bonds. The molecule has 19 heavy (non-hydrogen) atoms. The van der Waals surface area contributed by atoms with E-state index in [4.69, 9.17) is 4.42 Å². The highest BCUT2D eigenvalue weighted by Crippen LogP contribution is 2.49. The van der Waals surface area contributed by atoms with Crippen molar-refractivity contribution in [1.82, 2.24) is 5.32 Å². The second-order valence-electron chi connectivity index (χ2n) is 5.34. The first kappa shape index (κ1) is 12.3. The Bertz CT molecular complexity index is 587. The summed E-state index contributed by atoms with van der Waals surface area (Å²) in [5.41, 5.74) is 2.32. The molecule has 1 aromatic heterocycles. The summed E-state index contributed by atoms with van der Waals surface area (Å²) < 4.78 is 5.43. The molecule has 1 aromatic carbocycles. The van der Waals surface area contributed by atoms with Gasteiger partial charge in [-0.3, -0.25) is 4.79 Å². The lowest BCUT2D eigenvalue weighted by Crippen LogP contribution is -2.25. The van der Waals surface area contributed by atoms with Crippen LogP contribution in [0, 0.1) is 5.92 Å². The van der Waals surface area contributed by atoms with Crippen molar-refractivity contribution in [2.45, 2.75) is 32.1 Å². The largest absolute Gasteiger partial charge is 0.464 e. The van der Waals surface area contributed by atoms with Crippen LogP contribution >= 0.6 is 0 Å². The van der Waals surface area contributed by atoms with Gasteiger partial charge in [0.1, 0.15) is 5.58 Å². The van der Waals surface area contributed by atoms with Gasteiger partial charge in [-0.15, -0.1) is 0 Å². The number of furan rings is 1. The molecule has 1 fully saturated rings. The van der Waals surface area contributed by atoms with E-state index in [1.54, 1.807) is 6.26 Å². The third kappa shape index (κ3) is 2.50. The molecule has 1 saturated carbocycles. The van der Waals surface area contributed by atoms with Crippen LogP contribution in [0.3, 0.4) is 0 Å². The topological polar surface area (TPSA) is 42.2 Å². The van der Waals surface area contributed by atoms with Gasteiger partial charge >= 0.3 is 0 Å². The average molecular weight is 257 g/mol. The molecule has 3 heteroatoms. The predicted octanol–water partition coefficient (Wildman–Crippen LogP) is 3.45. The van der Waals surface area contributed by atoms with E-state index in [2.05, 4.69) is 11.4 Å². The summed E-state index contributed by atoms with van der Waals surface area (Å²) >= 11 is 0. The Balaban J connectivity index is 1.63. The second kappa shape index (κ2) is 5.08. The summed E-state index contributed by atoms with van der Waals surface area (Å²) in [6.07, 6.45) is 4.45. The highest BCUT2D eigenvalue weighted by atomic mass is 16.3. The van der Waals surface area contributed by atoms with Crippen molar-refractivity contribution in [3.63, 3.8) is 0 Å². The first-order chi connectivity index (χ1) is 9.29. The summed E-state index contributed by atoms with van der Waals surface area (Å²) in [4.78, 5) is 11.5. The SMILES string of the molecule is CCCC(=O)NCC1CC1c1cccc2occc12. The van der Waals surface area contributed by atoms with Crippen molar-refractivity contribution in [3.05, 3.63) is 36.1 Å². The summed E-state index contributed by atoms with van der Waals surface area (Å²) in [6.45, 7) is 2.83. The van der Waals surface area contributed by atoms with E-state index in [-0.39, 0.29) is 5.91 Å². The van der Waals surface area contributed by atoms with E-state index >= 15 is 0 Å². The molecular weight excluding hydrogens is 238 g/mol. The Hall–Kier alpha value is -1.77. The van der Waals surface area contributed by atoms with E-state index < -0.39 is 0 Å². The van der Waals surface area contributed by atoms with E-state index in [9.17, 15) is 4.79 Å². The normalized spacial score (nSPS) is 21.5. The molecular formula is C16H19NO2. The molecule has 3 rings (SSSR count). The van der Waals surface area contributed by atoms with Crippen LogP contribution in [0.1, 0.15) is 37.7 Å². The minimum absolute atomic E-state index is 0.176. The number of benzene rings is 1. The Kier molecular flexibility index (Phi) is 3.28. The molecule has 1 aliphatic carbocycles. The highest BCUT2D eigenvalue weighted by Gasteiger charge is 2.39. The van der Waals surface area contributed by atoms with Crippen molar-refractivity contribution in [1.29, 1.82) is 0 Å². The van der Waals surface area contributed by atoms with Gasteiger partial charge < -0.3 is 9.73 Å². The minimum atomic E-state index is 0.176. The molecule has 0 bridgehead atoms. The zero-order chi connectivity index (χ0) is 13.2. The molecule has 0 aliphatic heterocycles. The maximum absolute atomic E-state index is 11.5. The van der Waals surface area contributed by atoms with Crippen LogP contribution in [-0.4, -0.2) is 12.5 Å². The van der Waals surface area contributed by atoms with Gasteiger partial charge in [-0.05, 0) is 42.4 Å². The van der Waals surface area contributed by atoms with Gasteiger partial charge in [0.05, 0.1) is 6.26 Å². The molecule has 2 aromatic rings. The summed E-state index contributed by atoms with van der Waals surface area (Å²) in [6, 6.07) is 8.26. The number of amides is 1. The number of nitrogens with one attached hydrogen (secondary N) is 1. The number of rotatable bonds is 5. The van der Waals surface area contributed by atoms with Crippen LogP contribution in [-0.2, 0) is 4.79 Å². The zero-order valence-electron chi connectivity index (χ0n) is 11.2. The summed E-state index contributed by atoms with van der Waals surface area (Å²) in [5, 5.41) is 4.24. The lowest BCUT2D eigenvalue weighted by Gasteiger charge is -2.04. The maximum Gasteiger partial charge on any atom is 0.219 e. The Morgan fingerprint density at radius 3 is 3.16 bits per heavy atom. The molecule has 2 atom stereocenters. The third-order valence-electron chi connectivity index (χ3n) is 3.89. The number of hydrogen-bond donors (Lipinski definition) is 1. The van der Waals surface area contributed by atoms with Gasteiger partial charge in [-0.1, -0.05) is 19.1 Å². The minimum Gasteiger partial charge on any atom is -0.464 e. The maximum atomic E-state index is 11.5. The number of carbonyl (C=O) groups is 1. The van der Waals surface area contributed by atoms with E-state index in [1.165, 1.54) is 10.9 Å². The first-order valence-electron chi connectivity index (χ1n) is 7.02. The van der Waals surface area contributed by atoms with Gasteiger partial charge in [0.25, 0.3) is 0 Å². The lowest BCUT2D eigenvalue weighted by molar-refractivity contribution is -0.121. The molecule has 1 N–H and O–H groups in total. The van der Waals surface area contributed by atoms with Crippen molar-refractivity contribution in [2.75, 3.05) is 6.54 Å². The smallest absolute Gasteiger partial charge is 0.219 e. The molecule has 1 aliphatic rings. The van der Waals surface area contributed by atoms with Gasteiger partial charge in [0.2, 0.25) is 5.91 Å². The Morgan fingerprint density at radius 2 is 2.32 bits per heavy atom. The molecule has 2 unspecified atom stereocenters. The number of hydrogen-bond acceptors (Lipinski definition) is 2. The van der Waals surface area contributed by atoms with Crippen LogP contribution in [0.5, 0.6) is 0 Å².